The first kappa shape index (κ1) is 11.9. The van der Waals surface area contributed by atoms with Crippen molar-refractivity contribution in [3.05, 3.63) is 0 Å². The summed E-state index contributed by atoms with van der Waals surface area (Å²) in [5.74, 6) is 0.791. The maximum atomic E-state index is 11.9. The average molecular weight is 207 g/mol. The Morgan fingerprint density at radius 1 is 1.21 bits per heavy atom. The summed E-state index contributed by atoms with van der Waals surface area (Å²) in [4.78, 5) is 0. The van der Waals surface area contributed by atoms with Gasteiger partial charge in [0.15, 0.2) is 0 Å². The second kappa shape index (κ2) is 5.03. The number of alkyl halides is 2. The van der Waals surface area contributed by atoms with Crippen LogP contribution in [0.3, 0.4) is 0 Å². The molecule has 1 aliphatic heterocycles. The topological polar surface area (TPSA) is 21.3 Å². The molecule has 0 aliphatic carbocycles. The lowest BCUT2D eigenvalue weighted by molar-refractivity contribution is 0.0506. The lowest BCUT2D eigenvalue weighted by Gasteiger charge is -2.18. The van der Waals surface area contributed by atoms with Crippen LogP contribution in [0.15, 0.2) is 0 Å². The van der Waals surface area contributed by atoms with Gasteiger partial charge in [0.25, 0.3) is 6.43 Å². The summed E-state index contributed by atoms with van der Waals surface area (Å²) in [5, 5.41) is 2.78. The van der Waals surface area contributed by atoms with Gasteiger partial charge in [0.05, 0.1) is 18.8 Å². The number of nitrogens with one attached hydrogen (secondary N) is 1. The third-order valence-electron chi connectivity index (χ3n) is 3.13. The quantitative estimate of drug-likeness (QED) is 0.760. The van der Waals surface area contributed by atoms with E-state index in [0.717, 1.165) is 0 Å². The Kier molecular flexibility index (Phi) is 4.26. The van der Waals surface area contributed by atoms with Crippen molar-refractivity contribution in [1.29, 1.82) is 0 Å². The monoisotopic (exact) mass is 207 g/mol. The summed E-state index contributed by atoms with van der Waals surface area (Å²) in [6.07, 6.45) is -1.85. The average Bonchev–Trinajstić information content (AvgIpc) is 2.31. The summed E-state index contributed by atoms with van der Waals surface area (Å²) in [7, 11) is 0. The summed E-state index contributed by atoms with van der Waals surface area (Å²) < 4.78 is 29.4. The third kappa shape index (κ3) is 2.89. The molecule has 0 amide bonds. The molecular formula is C10H19F2NO. The van der Waals surface area contributed by atoms with Crippen LogP contribution in [0.25, 0.3) is 0 Å². The van der Waals surface area contributed by atoms with Gasteiger partial charge in [0.2, 0.25) is 0 Å². The minimum atomic E-state index is -2.26. The van der Waals surface area contributed by atoms with Crippen molar-refractivity contribution in [3.8, 4) is 0 Å². The van der Waals surface area contributed by atoms with E-state index in [1.54, 1.807) is 0 Å². The molecule has 14 heavy (non-hydrogen) atoms. The summed E-state index contributed by atoms with van der Waals surface area (Å²) in [6.45, 7) is 6.56. The minimum Gasteiger partial charge on any atom is -0.375 e. The Labute approximate surface area is 84.0 Å². The van der Waals surface area contributed by atoms with Gasteiger partial charge in [-0.25, -0.2) is 8.78 Å². The third-order valence-corrected chi connectivity index (χ3v) is 3.13. The lowest BCUT2D eigenvalue weighted by Crippen LogP contribution is -2.33. The van der Waals surface area contributed by atoms with Gasteiger partial charge in [-0.2, -0.15) is 0 Å². The number of hydrogen-bond donors (Lipinski definition) is 1. The van der Waals surface area contributed by atoms with Crippen LogP contribution in [0.2, 0.25) is 0 Å². The molecule has 0 aromatic rings. The second-order valence-electron chi connectivity index (χ2n) is 4.12. The van der Waals surface area contributed by atoms with E-state index in [9.17, 15) is 8.78 Å². The van der Waals surface area contributed by atoms with Crippen molar-refractivity contribution < 1.29 is 13.5 Å². The van der Waals surface area contributed by atoms with Gasteiger partial charge >= 0.3 is 0 Å². The van der Waals surface area contributed by atoms with Crippen LogP contribution in [0.1, 0.15) is 20.8 Å². The van der Waals surface area contributed by atoms with Crippen molar-refractivity contribution in [3.63, 3.8) is 0 Å². The molecule has 84 valence electrons. The Balaban J connectivity index is 2.29. The lowest BCUT2D eigenvalue weighted by atomic mass is 9.89. The minimum absolute atomic E-state index is 0.171. The van der Waals surface area contributed by atoms with Crippen molar-refractivity contribution >= 4 is 0 Å². The molecule has 1 rings (SSSR count). The largest absolute Gasteiger partial charge is 0.375 e. The number of ether oxygens (including phenoxy) is 1. The van der Waals surface area contributed by atoms with Gasteiger partial charge in [-0.3, -0.25) is 0 Å². The first-order valence-corrected chi connectivity index (χ1v) is 5.16. The van der Waals surface area contributed by atoms with Crippen molar-refractivity contribution in [1.82, 2.24) is 5.32 Å². The van der Waals surface area contributed by atoms with Gasteiger partial charge in [0.1, 0.15) is 0 Å². The van der Waals surface area contributed by atoms with Crippen LogP contribution in [0.4, 0.5) is 8.78 Å². The van der Waals surface area contributed by atoms with E-state index in [-0.39, 0.29) is 18.8 Å². The molecule has 4 atom stereocenters. The molecule has 0 saturated carbocycles. The van der Waals surface area contributed by atoms with Gasteiger partial charge < -0.3 is 10.1 Å². The number of hydrogen-bond acceptors (Lipinski definition) is 2. The normalized spacial score (nSPS) is 38.1. The second-order valence-corrected chi connectivity index (χ2v) is 4.12. The van der Waals surface area contributed by atoms with Gasteiger partial charge in [-0.1, -0.05) is 6.92 Å². The van der Waals surface area contributed by atoms with Gasteiger partial charge in [-0.15, -0.1) is 0 Å². The Morgan fingerprint density at radius 3 is 2.29 bits per heavy atom. The molecule has 1 saturated heterocycles. The number of halogens is 2. The highest BCUT2D eigenvalue weighted by Gasteiger charge is 2.36. The molecule has 1 fully saturated rings. The maximum Gasteiger partial charge on any atom is 0.250 e. The van der Waals surface area contributed by atoms with Crippen LogP contribution in [-0.2, 0) is 4.74 Å². The van der Waals surface area contributed by atoms with E-state index < -0.39 is 6.43 Å². The van der Waals surface area contributed by atoms with Gasteiger partial charge in [-0.05, 0) is 19.8 Å². The fourth-order valence-corrected chi connectivity index (χ4v) is 2.05. The summed E-state index contributed by atoms with van der Waals surface area (Å²) in [6, 6.07) is 0. The number of rotatable bonds is 4. The molecule has 0 radical (unpaired) electrons. The maximum absolute atomic E-state index is 11.9. The fraction of sp³-hybridized carbons (Fsp3) is 1.00. The molecular weight excluding hydrogens is 188 g/mol. The highest BCUT2D eigenvalue weighted by atomic mass is 19.3. The Bertz CT molecular complexity index is 178. The van der Waals surface area contributed by atoms with E-state index in [4.69, 9.17) is 4.74 Å². The molecule has 1 N–H and O–H groups in total. The Hall–Kier alpha value is -0.220. The zero-order valence-corrected chi connectivity index (χ0v) is 8.97. The SMILES string of the molecule is CC1OC(C)C(CNCC(F)F)C1C. The van der Waals surface area contributed by atoms with E-state index in [1.165, 1.54) is 0 Å². The molecule has 0 aromatic carbocycles. The first-order valence-electron chi connectivity index (χ1n) is 5.16. The first-order chi connectivity index (χ1) is 6.52. The van der Waals surface area contributed by atoms with Gasteiger partial charge in [0, 0.05) is 12.5 Å². The fourth-order valence-electron chi connectivity index (χ4n) is 2.05. The molecule has 4 unspecified atom stereocenters. The van der Waals surface area contributed by atoms with Crippen LogP contribution >= 0.6 is 0 Å². The zero-order chi connectivity index (χ0) is 10.7. The van der Waals surface area contributed by atoms with Crippen LogP contribution in [-0.4, -0.2) is 31.7 Å². The smallest absolute Gasteiger partial charge is 0.250 e. The molecule has 2 nitrogen and oxygen atoms in total. The van der Waals surface area contributed by atoms with Crippen molar-refractivity contribution in [2.24, 2.45) is 11.8 Å². The molecule has 1 aliphatic rings. The predicted octanol–water partition coefficient (Wildman–Crippen LogP) is 1.90. The van der Waals surface area contributed by atoms with Crippen molar-refractivity contribution in [2.45, 2.75) is 39.4 Å². The van der Waals surface area contributed by atoms with Crippen LogP contribution < -0.4 is 5.32 Å². The molecule has 0 aromatic heterocycles. The predicted molar refractivity (Wildman–Crippen MR) is 51.5 cm³/mol. The summed E-state index contributed by atoms with van der Waals surface area (Å²) in [5.41, 5.74) is 0. The van der Waals surface area contributed by atoms with E-state index >= 15 is 0 Å². The zero-order valence-electron chi connectivity index (χ0n) is 8.97. The molecule has 4 heteroatoms. The van der Waals surface area contributed by atoms with E-state index in [0.29, 0.717) is 18.4 Å². The highest BCUT2D eigenvalue weighted by Crippen LogP contribution is 2.31. The Morgan fingerprint density at radius 2 is 1.86 bits per heavy atom. The van der Waals surface area contributed by atoms with E-state index in [2.05, 4.69) is 12.2 Å². The van der Waals surface area contributed by atoms with E-state index in [1.807, 2.05) is 13.8 Å². The highest BCUT2D eigenvalue weighted by molar-refractivity contribution is 4.85. The van der Waals surface area contributed by atoms with Crippen LogP contribution in [0, 0.1) is 11.8 Å². The van der Waals surface area contributed by atoms with Crippen LogP contribution in [0.5, 0.6) is 0 Å². The summed E-state index contributed by atoms with van der Waals surface area (Å²) >= 11 is 0. The standard InChI is InChI=1S/C10H19F2NO/c1-6-7(2)14-8(3)9(6)4-13-5-10(11)12/h6-10,13H,4-5H2,1-3H3. The molecule has 1 heterocycles. The van der Waals surface area contributed by atoms with Crippen molar-refractivity contribution in [2.75, 3.05) is 13.1 Å². The molecule has 0 bridgehead atoms. The molecule has 0 spiro atoms.